The van der Waals surface area contributed by atoms with Crippen LogP contribution in [0.5, 0.6) is 5.75 Å². The van der Waals surface area contributed by atoms with Gasteiger partial charge in [-0.1, -0.05) is 48.5 Å². The summed E-state index contributed by atoms with van der Waals surface area (Å²) in [7, 11) is 1.65. The number of methoxy groups -OCH3 is 1. The molecule has 3 aromatic rings. The van der Waals surface area contributed by atoms with Gasteiger partial charge in [0.1, 0.15) is 5.75 Å². The van der Waals surface area contributed by atoms with Gasteiger partial charge in [-0.2, -0.15) is 0 Å². The molecule has 2 nitrogen and oxygen atoms in total. The normalized spacial score (nSPS) is 10.6. The number of rotatable bonds is 5. The number of benzene rings is 3. The third-order valence-corrected chi connectivity index (χ3v) is 3.87. The summed E-state index contributed by atoms with van der Waals surface area (Å²) in [4.78, 5) is 12.4. The minimum Gasteiger partial charge on any atom is -0.497 e. The first-order chi connectivity index (χ1) is 10.8. The average molecular weight is 290 g/mol. The lowest BCUT2D eigenvalue weighted by atomic mass is 10.00. The van der Waals surface area contributed by atoms with Gasteiger partial charge < -0.3 is 4.74 Å². The largest absolute Gasteiger partial charge is 0.497 e. The van der Waals surface area contributed by atoms with E-state index in [4.69, 9.17) is 4.74 Å². The zero-order valence-corrected chi connectivity index (χ0v) is 12.6. The molecular formula is C20H18O2. The molecule has 3 rings (SSSR count). The van der Waals surface area contributed by atoms with Crippen LogP contribution in [-0.4, -0.2) is 12.9 Å². The van der Waals surface area contributed by atoms with Gasteiger partial charge in [-0.15, -0.1) is 0 Å². The quantitative estimate of drug-likeness (QED) is 0.639. The number of fused-ring (bicyclic) bond motifs is 1. The van der Waals surface area contributed by atoms with Gasteiger partial charge >= 0.3 is 0 Å². The second-order valence-electron chi connectivity index (χ2n) is 5.33. The van der Waals surface area contributed by atoms with Crippen molar-refractivity contribution in [2.75, 3.05) is 7.11 Å². The van der Waals surface area contributed by atoms with Crippen molar-refractivity contribution < 1.29 is 9.53 Å². The number of hydrogen-bond acceptors (Lipinski definition) is 2. The van der Waals surface area contributed by atoms with Gasteiger partial charge in [-0.25, -0.2) is 0 Å². The van der Waals surface area contributed by atoms with Crippen molar-refractivity contribution >= 4 is 16.6 Å². The topological polar surface area (TPSA) is 26.3 Å². The molecule has 0 heterocycles. The smallest absolute Gasteiger partial charge is 0.163 e. The molecule has 22 heavy (non-hydrogen) atoms. The van der Waals surface area contributed by atoms with Gasteiger partial charge in [0.25, 0.3) is 0 Å². The predicted molar refractivity (Wildman–Crippen MR) is 89.6 cm³/mol. The molecule has 0 unspecified atom stereocenters. The van der Waals surface area contributed by atoms with E-state index >= 15 is 0 Å². The van der Waals surface area contributed by atoms with Gasteiger partial charge in [0.15, 0.2) is 5.78 Å². The van der Waals surface area contributed by atoms with Crippen LogP contribution >= 0.6 is 0 Å². The lowest BCUT2D eigenvalue weighted by Crippen LogP contribution is -2.01. The van der Waals surface area contributed by atoms with Crippen molar-refractivity contribution in [2.24, 2.45) is 0 Å². The number of ether oxygens (including phenoxy) is 1. The molecule has 0 aliphatic carbocycles. The maximum Gasteiger partial charge on any atom is 0.163 e. The summed E-state index contributed by atoms with van der Waals surface area (Å²) < 4.78 is 5.14. The first kappa shape index (κ1) is 14.3. The summed E-state index contributed by atoms with van der Waals surface area (Å²) in [5.41, 5.74) is 1.93. The van der Waals surface area contributed by atoms with Crippen LogP contribution in [0.25, 0.3) is 10.8 Å². The predicted octanol–water partition coefficient (Wildman–Crippen LogP) is 4.66. The molecular weight excluding hydrogens is 272 g/mol. The van der Waals surface area contributed by atoms with E-state index in [1.807, 2.05) is 60.7 Å². The Morgan fingerprint density at radius 2 is 1.64 bits per heavy atom. The van der Waals surface area contributed by atoms with Crippen LogP contribution in [0, 0.1) is 0 Å². The van der Waals surface area contributed by atoms with Gasteiger partial charge in [0.2, 0.25) is 0 Å². The molecule has 0 N–H and O–H groups in total. The summed E-state index contributed by atoms with van der Waals surface area (Å²) in [6.07, 6.45) is 1.26. The molecule has 3 aromatic carbocycles. The summed E-state index contributed by atoms with van der Waals surface area (Å²) >= 11 is 0. The van der Waals surface area contributed by atoms with E-state index in [9.17, 15) is 4.79 Å². The molecule has 0 bridgehead atoms. The number of carbonyl (C=O) groups excluding carboxylic acids is 1. The molecule has 0 saturated carbocycles. The third kappa shape index (κ3) is 3.17. The Balaban J connectivity index is 1.69. The van der Waals surface area contributed by atoms with E-state index in [1.54, 1.807) is 7.11 Å². The lowest BCUT2D eigenvalue weighted by Gasteiger charge is -2.05. The summed E-state index contributed by atoms with van der Waals surface area (Å²) in [6.45, 7) is 0. The Bertz CT molecular complexity index is 788. The lowest BCUT2D eigenvalue weighted by molar-refractivity contribution is 0.0983. The van der Waals surface area contributed by atoms with E-state index in [-0.39, 0.29) is 5.78 Å². The monoisotopic (exact) mass is 290 g/mol. The molecule has 0 atom stereocenters. The molecule has 0 aliphatic rings. The SMILES string of the molecule is COc1ccc(CCC(=O)c2ccc3ccccc3c2)cc1. The average Bonchev–Trinajstić information content (AvgIpc) is 2.59. The Morgan fingerprint density at radius 3 is 2.36 bits per heavy atom. The minimum atomic E-state index is 0.182. The minimum absolute atomic E-state index is 0.182. The van der Waals surface area contributed by atoms with Crippen molar-refractivity contribution in [1.82, 2.24) is 0 Å². The molecule has 0 saturated heterocycles. The Kier molecular flexibility index (Phi) is 4.19. The zero-order valence-electron chi connectivity index (χ0n) is 12.6. The summed E-state index contributed by atoms with van der Waals surface area (Å²) in [5, 5.41) is 2.27. The van der Waals surface area contributed by atoms with Crippen LogP contribution in [0.2, 0.25) is 0 Å². The van der Waals surface area contributed by atoms with Crippen LogP contribution in [0.1, 0.15) is 22.3 Å². The highest BCUT2D eigenvalue weighted by Crippen LogP contribution is 2.18. The summed E-state index contributed by atoms with van der Waals surface area (Å²) in [6, 6.07) is 21.9. The highest BCUT2D eigenvalue weighted by Gasteiger charge is 2.07. The zero-order chi connectivity index (χ0) is 15.4. The molecule has 0 aliphatic heterocycles. The maximum absolute atomic E-state index is 12.4. The van der Waals surface area contributed by atoms with Crippen molar-refractivity contribution in [3.63, 3.8) is 0 Å². The van der Waals surface area contributed by atoms with Gasteiger partial charge in [-0.05, 0) is 41.0 Å². The van der Waals surface area contributed by atoms with Gasteiger partial charge in [0, 0.05) is 12.0 Å². The molecule has 0 spiro atoms. The van der Waals surface area contributed by atoms with Crippen molar-refractivity contribution in [3.05, 3.63) is 77.9 Å². The number of aryl methyl sites for hydroxylation is 1. The number of carbonyl (C=O) groups is 1. The van der Waals surface area contributed by atoms with Gasteiger partial charge in [0.05, 0.1) is 7.11 Å². The van der Waals surface area contributed by atoms with Gasteiger partial charge in [-0.3, -0.25) is 4.79 Å². The van der Waals surface area contributed by atoms with Crippen LogP contribution in [0.15, 0.2) is 66.7 Å². The van der Waals surface area contributed by atoms with Crippen molar-refractivity contribution in [3.8, 4) is 5.75 Å². The molecule has 0 aromatic heterocycles. The first-order valence-electron chi connectivity index (χ1n) is 7.41. The molecule has 0 amide bonds. The highest BCUT2D eigenvalue weighted by molar-refractivity contribution is 6.00. The van der Waals surface area contributed by atoms with Crippen LogP contribution < -0.4 is 4.74 Å². The van der Waals surface area contributed by atoms with E-state index in [0.29, 0.717) is 6.42 Å². The molecule has 0 radical (unpaired) electrons. The van der Waals surface area contributed by atoms with Crippen LogP contribution in [0.3, 0.4) is 0 Å². The van der Waals surface area contributed by atoms with Crippen LogP contribution in [0.4, 0.5) is 0 Å². The number of Topliss-reactive ketones (excluding diaryl/α,β-unsaturated/α-hetero) is 1. The second-order valence-corrected chi connectivity index (χ2v) is 5.33. The Hall–Kier alpha value is -2.61. The molecule has 2 heteroatoms. The molecule has 0 fully saturated rings. The van der Waals surface area contributed by atoms with E-state index in [1.165, 1.54) is 0 Å². The van der Waals surface area contributed by atoms with E-state index in [0.717, 1.165) is 34.1 Å². The van der Waals surface area contributed by atoms with Crippen LogP contribution in [-0.2, 0) is 6.42 Å². The Morgan fingerprint density at radius 1 is 0.909 bits per heavy atom. The second kappa shape index (κ2) is 6.44. The summed E-state index contributed by atoms with van der Waals surface area (Å²) in [5.74, 6) is 1.02. The highest BCUT2D eigenvalue weighted by atomic mass is 16.5. The van der Waals surface area contributed by atoms with E-state index in [2.05, 4.69) is 6.07 Å². The van der Waals surface area contributed by atoms with Crippen molar-refractivity contribution in [2.45, 2.75) is 12.8 Å². The van der Waals surface area contributed by atoms with E-state index < -0.39 is 0 Å². The molecule has 110 valence electrons. The fourth-order valence-electron chi connectivity index (χ4n) is 2.56. The maximum atomic E-state index is 12.4. The van der Waals surface area contributed by atoms with Crippen molar-refractivity contribution in [1.29, 1.82) is 0 Å². The standard InChI is InChI=1S/C20H18O2/c1-22-19-11-6-15(7-12-19)8-13-20(21)18-10-9-16-4-2-3-5-17(16)14-18/h2-7,9-12,14H,8,13H2,1H3. The number of hydrogen-bond donors (Lipinski definition) is 0. The third-order valence-electron chi connectivity index (χ3n) is 3.87. The first-order valence-corrected chi connectivity index (χ1v) is 7.41. The fourth-order valence-corrected chi connectivity index (χ4v) is 2.56. The number of ketones is 1. The fraction of sp³-hybridized carbons (Fsp3) is 0.150. The Labute approximate surface area is 130 Å².